The van der Waals surface area contributed by atoms with Crippen LogP contribution in [0.5, 0.6) is 0 Å². The molecule has 3 rings (SSSR count). The molecule has 0 spiro atoms. The van der Waals surface area contributed by atoms with E-state index in [1.54, 1.807) is 12.5 Å². The fourth-order valence-corrected chi connectivity index (χ4v) is 2.73. The van der Waals surface area contributed by atoms with E-state index < -0.39 is 0 Å². The normalized spacial score (nSPS) is 18.4. The molecule has 1 atom stereocenters. The van der Waals surface area contributed by atoms with Crippen LogP contribution in [0.25, 0.3) is 5.69 Å². The van der Waals surface area contributed by atoms with Gasteiger partial charge in [-0.05, 0) is 31.0 Å². The fourth-order valence-electron chi connectivity index (χ4n) is 2.73. The van der Waals surface area contributed by atoms with Gasteiger partial charge in [0.25, 0.3) is 5.91 Å². The van der Waals surface area contributed by atoms with Crippen LogP contribution in [0.3, 0.4) is 0 Å². The van der Waals surface area contributed by atoms with Gasteiger partial charge in [0.1, 0.15) is 0 Å². The van der Waals surface area contributed by atoms with Gasteiger partial charge in [-0.15, -0.1) is 0 Å². The summed E-state index contributed by atoms with van der Waals surface area (Å²) in [5.74, 6) is 0.0694. The maximum absolute atomic E-state index is 12.6. The number of carbonyl (C=O) groups excluding carboxylic acids is 1. The number of imidazole rings is 1. The fraction of sp³-hybridized carbons (Fsp3) is 0.333. The van der Waals surface area contributed by atoms with Crippen LogP contribution in [0.1, 0.15) is 23.2 Å². The highest BCUT2D eigenvalue weighted by atomic mass is 16.2. The van der Waals surface area contributed by atoms with Gasteiger partial charge in [-0.2, -0.15) is 0 Å². The monoisotopic (exact) mass is 270 g/mol. The van der Waals surface area contributed by atoms with Gasteiger partial charge in [0.05, 0.1) is 6.33 Å². The number of nitrogens with zero attached hydrogens (tertiary/aromatic N) is 3. The number of benzene rings is 1. The van der Waals surface area contributed by atoms with Crippen molar-refractivity contribution >= 4 is 5.91 Å². The topological polar surface area (TPSA) is 64.2 Å². The Morgan fingerprint density at radius 3 is 3.10 bits per heavy atom. The van der Waals surface area contributed by atoms with Crippen molar-refractivity contribution in [3.05, 3.63) is 48.5 Å². The standard InChI is InChI=1S/C15H18N4O/c16-10-14-5-2-7-19(14)15(20)12-3-1-4-13(9-12)18-8-6-17-11-18/h1,3-4,6,8-9,11,14H,2,5,7,10,16H2. The summed E-state index contributed by atoms with van der Waals surface area (Å²) in [6, 6.07) is 7.79. The van der Waals surface area contributed by atoms with Crippen molar-refractivity contribution in [2.24, 2.45) is 5.73 Å². The maximum atomic E-state index is 12.6. The van der Waals surface area contributed by atoms with Crippen molar-refractivity contribution in [2.75, 3.05) is 13.1 Å². The van der Waals surface area contributed by atoms with Crippen LogP contribution in [0.2, 0.25) is 0 Å². The zero-order valence-corrected chi connectivity index (χ0v) is 11.3. The van der Waals surface area contributed by atoms with E-state index in [4.69, 9.17) is 5.73 Å². The first-order chi connectivity index (χ1) is 9.79. The second kappa shape index (κ2) is 5.46. The van der Waals surface area contributed by atoms with Crippen molar-refractivity contribution in [1.82, 2.24) is 14.5 Å². The molecule has 5 heteroatoms. The van der Waals surface area contributed by atoms with Gasteiger partial charge in [-0.25, -0.2) is 4.98 Å². The first kappa shape index (κ1) is 12.9. The lowest BCUT2D eigenvalue weighted by Gasteiger charge is -2.23. The average molecular weight is 270 g/mol. The minimum absolute atomic E-state index is 0.0694. The van der Waals surface area contributed by atoms with Gasteiger partial charge < -0.3 is 15.2 Å². The van der Waals surface area contributed by atoms with Gasteiger partial charge >= 0.3 is 0 Å². The highest BCUT2D eigenvalue weighted by Crippen LogP contribution is 2.20. The first-order valence-electron chi connectivity index (χ1n) is 6.89. The number of carbonyl (C=O) groups is 1. The average Bonchev–Trinajstić information content (AvgIpc) is 3.17. The predicted molar refractivity (Wildman–Crippen MR) is 76.7 cm³/mol. The molecule has 5 nitrogen and oxygen atoms in total. The molecule has 1 aromatic heterocycles. The van der Waals surface area contributed by atoms with Gasteiger partial charge in [0.2, 0.25) is 0 Å². The molecule has 20 heavy (non-hydrogen) atoms. The number of hydrogen-bond donors (Lipinski definition) is 1. The van der Waals surface area contributed by atoms with Crippen molar-refractivity contribution in [2.45, 2.75) is 18.9 Å². The summed E-state index contributed by atoms with van der Waals surface area (Å²) >= 11 is 0. The van der Waals surface area contributed by atoms with Crippen LogP contribution in [0.4, 0.5) is 0 Å². The minimum atomic E-state index is 0.0694. The molecule has 2 heterocycles. The number of amides is 1. The minimum Gasteiger partial charge on any atom is -0.334 e. The van der Waals surface area contributed by atoms with Gasteiger partial charge in [-0.3, -0.25) is 4.79 Å². The number of likely N-dealkylation sites (tertiary alicyclic amines) is 1. The summed E-state index contributed by atoms with van der Waals surface area (Å²) in [4.78, 5) is 18.5. The molecule has 2 N–H and O–H groups in total. The second-order valence-corrected chi connectivity index (χ2v) is 5.05. The number of rotatable bonds is 3. The zero-order chi connectivity index (χ0) is 13.9. The van der Waals surface area contributed by atoms with Crippen molar-refractivity contribution in [3.8, 4) is 5.69 Å². The Bertz CT molecular complexity index is 594. The quantitative estimate of drug-likeness (QED) is 0.917. The molecule has 104 valence electrons. The van der Waals surface area contributed by atoms with Crippen LogP contribution in [0.15, 0.2) is 43.0 Å². The van der Waals surface area contributed by atoms with Crippen LogP contribution < -0.4 is 5.73 Å². The summed E-state index contributed by atoms with van der Waals surface area (Å²) in [6.07, 6.45) is 7.35. The van der Waals surface area contributed by atoms with Crippen LogP contribution in [0, 0.1) is 0 Å². The van der Waals surface area contributed by atoms with E-state index in [2.05, 4.69) is 4.98 Å². The Kier molecular flexibility index (Phi) is 3.52. The van der Waals surface area contributed by atoms with E-state index in [-0.39, 0.29) is 11.9 Å². The predicted octanol–water partition coefficient (Wildman–Crippen LogP) is 1.44. The number of hydrogen-bond acceptors (Lipinski definition) is 3. The molecule has 1 saturated heterocycles. The first-order valence-corrected chi connectivity index (χ1v) is 6.89. The molecule has 1 fully saturated rings. The Labute approximate surface area is 118 Å². The van der Waals surface area contributed by atoms with E-state index >= 15 is 0 Å². The lowest BCUT2D eigenvalue weighted by atomic mass is 10.1. The Balaban J connectivity index is 1.87. The summed E-state index contributed by atoms with van der Waals surface area (Å²) in [5, 5.41) is 0. The summed E-state index contributed by atoms with van der Waals surface area (Å²) < 4.78 is 1.89. The van der Waals surface area contributed by atoms with Crippen LogP contribution in [-0.4, -0.2) is 39.5 Å². The molecule has 1 amide bonds. The molecule has 2 aromatic rings. The van der Waals surface area contributed by atoms with E-state index in [0.717, 1.165) is 25.1 Å². The van der Waals surface area contributed by atoms with Gasteiger partial charge in [-0.1, -0.05) is 6.07 Å². The number of nitrogens with two attached hydrogens (primary N) is 1. The molecule has 1 aromatic carbocycles. The molecular weight excluding hydrogens is 252 g/mol. The third kappa shape index (κ3) is 2.32. The summed E-state index contributed by atoms with van der Waals surface area (Å²) in [5.41, 5.74) is 7.39. The van der Waals surface area contributed by atoms with Crippen LogP contribution in [-0.2, 0) is 0 Å². The van der Waals surface area contributed by atoms with Crippen molar-refractivity contribution < 1.29 is 4.79 Å². The summed E-state index contributed by atoms with van der Waals surface area (Å²) in [6.45, 7) is 1.34. The number of aromatic nitrogens is 2. The maximum Gasteiger partial charge on any atom is 0.254 e. The highest BCUT2D eigenvalue weighted by Gasteiger charge is 2.28. The Morgan fingerprint density at radius 2 is 2.35 bits per heavy atom. The summed E-state index contributed by atoms with van der Waals surface area (Å²) in [7, 11) is 0. The largest absolute Gasteiger partial charge is 0.334 e. The molecule has 1 unspecified atom stereocenters. The van der Waals surface area contributed by atoms with E-state index in [0.29, 0.717) is 12.1 Å². The highest BCUT2D eigenvalue weighted by molar-refractivity contribution is 5.95. The van der Waals surface area contributed by atoms with E-state index in [1.165, 1.54) is 0 Å². The lowest BCUT2D eigenvalue weighted by Crippen LogP contribution is -2.39. The second-order valence-electron chi connectivity index (χ2n) is 5.05. The molecule has 0 saturated carbocycles. The molecule has 0 bridgehead atoms. The molecule has 0 aliphatic carbocycles. The SMILES string of the molecule is NCC1CCCN1C(=O)c1cccc(-n2ccnc2)c1. The Morgan fingerprint density at radius 1 is 1.45 bits per heavy atom. The van der Waals surface area contributed by atoms with Gasteiger partial charge in [0.15, 0.2) is 0 Å². The lowest BCUT2D eigenvalue weighted by molar-refractivity contribution is 0.0741. The zero-order valence-electron chi connectivity index (χ0n) is 11.3. The molecule has 1 aliphatic heterocycles. The van der Waals surface area contributed by atoms with Crippen molar-refractivity contribution in [1.29, 1.82) is 0 Å². The van der Waals surface area contributed by atoms with Crippen molar-refractivity contribution in [3.63, 3.8) is 0 Å². The molecule has 1 aliphatic rings. The van der Waals surface area contributed by atoms with E-state index in [1.807, 2.05) is 39.9 Å². The Hall–Kier alpha value is -2.14. The third-order valence-electron chi connectivity index (χ3n) is 3.81. The van der Waals surface area contributed by atoms with Crippen LogP contribution >= 0.6 is 0 Å². The molecule has 0 radical (unpaired) electrons. The smallest absolute Gasteiger partial charge is 0.254 e. The van der Waals surface area contributed by atoms with Gasteiger partial charge in [0, 0.05) is 42.8 Å². The molecular formula is C15H18N4O. The van der Waals surface area contributed by atoms with E-state index in [9.17, 15) is 4.79 Å². The third-order valence-corrected chi connectivity index (χ3v) is 3.81.